The maximum absolute atomic E-state index is 11.8. The average molecular weight is 344 g/mol. The lowest BCUT2D eigenvalue weighted by atomic mass is 9.87. The Labute approximate surface area is 149 Å². The van der Waals surface area contributed by atoms with Crippen LogP contribution in [0.3, 0.4) is 0 Å². The van der Waals surface area contributed by atoms with E-state index >= 15 is 0 Å². The Balaban J connectivity index is 1.93. The smallest absolute Gasteiger partial charge is 0.434 e. The molecule has 1 aliphatic carbocycles. The van der Waals surface area contributed by atoms with Gasteiger partial charge in [0.05, 0.1) is 6.61 Å². The van der Waals surface area contributed by atoms with Crippen LogP contribution in [0.1, 0.15) is 44.7 Å². The Hall–Kier alpha value is -2.01. The van der Waals surface area contributed by atoms with Crippen molar-refractivity contribution < 1.29 is 14.3 Å². The summed E-state index contributed by atoms with van der Waals surface area (Å²) >= 11 is 0. The van der Waals surface area contributed by atoms with Gasteiger partial charge < -0.3 is 14.5 Å². The van der Waals surface area contributed by atoms with E-state index in [-0.39, 0.29) is 0 Å². The van der Waals surface area contributed by atoms with Crippen molar-refractivity contribution in [3.05, 3.63) is 29.5 Å². The fourth-order valence-corrected chi connectivity index (χ4v) is 3.92. The van der Waals surface area contributed by atoms with Crippen LogP contribution in [-0.2, 0) is 17.6 Å². The highest BCUT2D eigenvalue weighted by Crippen LogP contribution is 2.37. The number of hydrogen-bond acceptors (Lipinski definition) is 4. The van der Waals surface area contributed by atoms with Crippen molar-refractivity contribution in [2.45, 2.75) is 52.5 Å². The van der Waals surface area contributed by atoms with Crippen molar-refractivity contribution in [3.63, 3.8) is 0 Å². The Morgan fingerprint density at radius 3 is 2.64 bits per heavy atom. The predicted molar refractivity (Wildman–Crippen MR) is 99.3 cm³/mol. The first kappa shape index (κ1) is 17.8. The minimum absolute atomic E-state index is 0.315. The molecule has 1 atom stereocenters. The van der Waals surface area contributed by atoms with Crippen LogP contribution in [0.25, 0.3) is 10.9 Å². The number of carbonyl (C=O) groups is 1. The summed E-state index contributed by atoms with van der Waals surface area (Å²) in [7, 11) is 0. The second-order valence-corrected chi connectivity index (χ2v) is 6.66. The molecule has 3 rings (SSSR count). The Kier molecular flexibility index (Phi) is 5.63. The van der Waals surface area contributed by atoms with Crippen molar-refractivity contribution in [1.82, 2.24) is 9.88 Å². The zero-order valence-corrected chi connectivity index (χ0v) is 15.4. The second kappa shape index (κ2) is 7.91. The number of carbonyl (C=O) groups excluding carboxylic acids is 1. The number of hydrogen-bond donors (Lipinski definition) is 1. The van der Waals surface area contributed by atoms with E-state index in [1.807, 2.05) is 12.1 Å². The minimum atomic E-state index is -0.628. The Morgan fingerprint density at radius 1 is 1.20 bits per heavy atom. The van der Waals surface area contributed by atoms with Gasteiger partial charge in [0.1, 0.15) is 5.75 Å². The third-order valence-corrected chi connectivity index (χ3v) is 4.88. The highest BCUT2D eigenvalue weighted by Gasteiger charge is 2.28. The molecule has 0 saturated heterocycles. The Bertz CT molecular complexity index is 732. The fraction of sp³-hybridized carbons (Fsp3) is 0.550. The monoisotopic (exact) mass is 344 g/mol. The molecule has 0 fully saturated rings. The van der Waals surface area contributed by atoms with Gasteiger partial charge in [-0.1, -0.05) is 13.8 Å². The highest BCUT2D eigenvalue weighted by atomic mass is 16.7. The molecule has 5 nitrogen and oxygen atoms in total. The van der Waals surface area contributed by atoms with Gasteiger partial charge in [-0.05, 0) is 63.4 Å². The molecule has 1 aromatic heterocycles. The molecule has 1 unspecified atom stereocenters. The maximum Gasteiger partial charge on any atom is 0.513 e. The quantitative estimate of drug-likeness (QED) is 0.601. The van der Waals surface area contributed by atoms with Crippen molar-refractivity contribution >= 4 is 17.1 Å². The third-order valence-electron chi connectivity index (χ3n) is 4.88. The molecule has 1 heterocycles. The third kappa shape index (κ3) is 3.66. The molecular formula is C20H28N2O3. The molecule has 25 heavy (non-hydrogen) atoms. The molecule has 0 spiro atoms. The summed E-state index contributed by atoms with van der Waals surface area (Å²) in [5.41, 5.74) is 3.54. The molecule has 1 aliphatic rings. The van der Waals surface area contributed by atoms with Crippen molar-refractivity contribution in [2.24, 2.45) is 0 Å². The summed E-state index contributed by atoms with van der Waals surface area (Å²) in [6.45, 7) is 8.74. The molecule has 1 N–H and O–H groups in total. The molecule has 2 aromatic rings. The molecule has 136 valence electrons. The van der Waals surface area contributed by atoms with E-state index in [0.29, 0.717) is 18.4 Å². The van der Waals surface area contributed by atoms with Gasteiger partial charge in [0, 0.05) is 28.7 Å². The number of aromatic nitrogens is 1. The van der Waals surface area contributed by atoms with Crippen molar-refractivity contribution in [2.75, 3.05) is 19.7 Å². The minimum Gasteiger partial charge on any atom is -0.434 e. The van der Waals surface area contributed by atoms with Crippen LogP contribution < -0.4 is 4.74 Å². The molecular weight excluding hydrogens is 316 g/mol. The SMILES string of the molecule is CCCN(CCC)C1Cc2c[nH]c3ccc(OC(=O)OCC)c(c23)C1. The number of H-pyrrole nitrogens is 1. The lowest BCUT2D eigenvalue weighted by Crippen LogP contribution is -2.41. The molecule has 0 aliphatic heterocycles. The number of nitrogens with zero attached hydrogens (tertiary/aromatic N) is 1. The van der Waals surface area contributed by atoms with Gasteiger partial charge in [-0.2, -0.15) is 0 Å². The summed E-state index contributed by atoms with van der Waals surface area (Å²) in [5.74, 6) is 0.629. The number of rotatable bonds is 7. The summed E-state index contributed by atoms with van der Waals surface area (Å²) < 4.78 is 10.5. The van der Waals surface area contributed by atoms with Crippen molar-refractivity contribution in [1.29, 1.82) is 0 Å². The molecule has 0 radical (unpaired) electrons. The van der Waals surface area contributed by atoms with Gasteiger partial charge in [-0.3, -0.25) is 4.90 Å². The van der Waals surface area contributed by atoms with Crippen LogP contribution in [0.4, 0.5) is 4.79 Å². The van der Waals surface area contributed by atoms with Gasteiger partial charge in [-0.25, -0.2) is 4.79 Å². The van der Waals surface area contributed by atoms with E-state index in [1.165, 1.54) is 10.9 Å². The van der Waals surface area contributed by atoms with E-state index in [1.54, 1.807) is 6.92 Å². The first-order valence-electron chi connectivity index (χ1n) is 9.38. The standard InChI is InChI=1S/C20H28N2O3/c1-4-9-22(10-5-2)15-11-14-13-21-17-7-8-18(16(12-15)19(14)17)25-20(23)24-6-3/h7-8,13,15,21H,4-6,9-12H2,1-3H3. The number of benzene rings is 1. The van der Waals surface area contributed by atoms with E-state index in [9.17, 15) is 4.79 Å². The first-order valence-corrected chi connectivity index (χ1v) is 9.38. The summed E-state index contributed by atoms with van der Waals surface area (Å²) in [4.78, 5) is 17.7. The van der Waals surface area contributed by atoms with Crippen LogP contribution in [0.5, 0.6) is 5.75 Å². The van der Waals surface area contributed by atoms with Gasteiger partial charge >= 0.3 is 6.16 Å². The summed E-state index contributed by atoms with van der Waals surface area (Å²) in [5, 5.41) is 1.21. The van der Waals surface area contributed by atoms with E-state index in [4.69, 9.17) is 9.47 Å². The van der Waals surface area contributed by atoms with E-state index in [2.05, 4.69) is 29.9 Å². The maximum atomic E-state index is 11.8. The summed E-state index contributed by atoms with van der Waals surface area (Å²) in [6.07, 6.45) is 5.70. The van der Waals surface area contributed by atoms with Gasteiger partial charge in [-0.15, -0.1) is 0 Å². The lowest BCUT2D eigenvalue weighted by molar-refractivity contribution is 0.103. The predicted octanol–water partition coefficient (Wildman–Crippen LogP) is 4.29. The molecule has 5 heteroatoms. The number of aromatic amines is 1. The molecule has 0 bridgehead atoms. The fourth-order valence-electron chi connectivity index (χ4n) is 3.92. The second-order valence-electron chi connectivity index (χ2n) is 6.66. The van der Waals surface area contributed by atoms with Crippen molar-refractivity contribution in [3.8, 4) is 5.75 Å². The van der Waals surface area contributed by atoms with Crippen LogP contribution in [0, 0.1) is 0 Å². The van der Waals surface area contributed by atoms with E-state index in [0.717, 1.165) is 49.9 Å². The van der Waals surface area contributed by atoms with Crippen LogP contribution in [-0.4, -0.2) is 41.8 Å². The lowest BCUT2D eigenvalue weighted by Gasteiger charge is -2.34. The van der Waals surface area contributed by atoms with E-state index < -0.39 is 6.16 Å². The molecule has 0 saturated carbocycles. The van der Waals surface area contributed by atoms with Gasteiger partial charge in [0.25, 0.3) is 0 Å². The first-order chi connectivity index (χ1) is 12.2. The summed E-state index contributed by atoms with van der Waals surface area (Å²) in [6, 6.07) is 4.30. The highest BCUT2D eigenvalue weighted by molar-refractivity contribution is 5.90. The van der Waals surface area contributed by atoms with Gasteiger partial charge in [0.15, 0.2) is 0 Å². The molecule has 0 amide bonds. The number of nitrogens with one attached hydrogen (secondary N) is 1. The zero-order valence-electron chi connectivity index (χ0n) is 15.4. The average Bonchev–Trinajstić information content (AvgIpc) is 3.01. The van der Waals surface area contributed by atoms with Gasteiger partial charge in [0.2, 0.25) is 0 Å². The largest absolute Gasteiger partial charge is 0.513 e. The van der Waals surface area contributed by atoms with Crippen LogP contribution in [0.2, 0.25) is 0 Å². The van der Waals surface area contributed by atoms with Crippen LogP contribution >= 0.6 is 0 Å². The molecule has 1 aromatic carbocycles. The van der Waals surface area contributed by atoms with Crippen LogP contribution in [0.15, 0.2) is 18.3 Å². The normalized spacial score (nSPS) is 16.4. The Morgan fingerprint density at radius 2 is 1.96 bits per heavy atom. The zero-order chi connectivity index (χ0) is 17.8. The topological polar surface area (TPSA) is 54.6 Å². The number of ether oxygens (including phenoxy) is 2.